The topological polar surface area (TPSA) is 80.0 Å². The van der Waals surface area contributed by atoms with E-state index in [-0.39, 0.29) is 18.9 Å². The molecule has 1 heterocycles. The number of carbonyl (C=O) groups is 2. The monoisotopic (exact) mass is 439 g/mol. The lowest BCUT2D eigenvalue weighted by Gasteiger charge is -2.20. The molecule has 0 aliphatic carbocycles. The van der Waals surface area contributed by atoms with Crippen LogP contribution in [0.2, 0.25) is 0 Å². The van der Waals surface area contributed by atoms with Crippen LogP contribution in [0.5, 0.6) is 5.75 Å². The highest BCUT2D eigenvalue weighted by Gasteiger charge is 2.15. The number of unbranched alkanes of at least 4 members (excludes halogenated alkanes) is 2. The summed E-state index contributed by atoms with van der Waals surface area (Å²) in [5.74, 6) is -0.174. The molecule has 0 unspecified atom stereocenters. The zero-order chi connectivity index (χ0) is 22.9. The SMILES string of the molecule is CN(Cc1cc(F)ccc1OCCCCCC(=O)O)C(=O)c1ccc(-c2ccco2)cc1. The van der Waals surface area contributed by atoms with Gasteiger partial charge in [0.25, 0.3) is 5.91 Å². The second-order valence-electron chi connectivity index (χ2n) is 7.52. The Morgan fingerprint density at radius 2 is 1.84 bits per heavy atom. The van der Waals surface area contributed by atoms with Crippen molar-refractivity contribution in [2.45, 2.75) is 32.2 Å². The first-order valence-electron chi connectivity index (χ1n) is 10.5. The van der Waals surface area contributed by atoms with Crippen LogP contribution in [0.3, 0.4) is 0 Å². The van der Waals surface area contributed by atoms with Crippen LogP contribution in [0.1, 0.15) is 41.6 Å². The summed E-state index contributed by atoms with van der Waals surface area (Å²) in [6.45, 7) is 0.578. The zero-order valence-corrected chi connectivity index (χ0v) is 17.9. The van der Waals surface area contributed by atoms with Gasteiger partial charge in [-0.15, -0.1) is 0 Å². The predicted octanol–water partition coefficient (Wildman–Crippen LogP) is 5.38. The van der Waals surface area contributed by atoms with Crippen molar-refractivity contribution < 1.29 is 28.2 Å². The van der Waals surface area contributed by atoms with E-state index in [0.29, 0.717) is 36.3 Å². The van der Waals surface area contributed by atoms with Gasteiger partial charge >= 0.3 is 5.97 Å². The van der Waals surface area contributed by atoms with E-state index in [4.69, 9.17) is 14.3 Å². The smallest absolute Gasteiger partial charge is 0.303 e. The molecule has 0 spiro atoms. The Morgan fingerprint density at radius 3 is 2.53 bits per heavy atom. The number of halogens is 1. The molecule has 2 aromatic carbocycles. The van der Waals surface area contributed by atoms with Crippen LogP contribution < -0.4 is 4.74 Å². The van der Waals surface area contributed by atoms with Crippen LogP contribution >= 0.6 is 0 Å². The molecule has 0 aliphatic rings. The minimum absolute atomic E-state index is 0.136. The highest BCUT2D eigenvalue weighted by atomic mass is 19.1. The van der Waals surface area contributed by atoms with Gasteiger partial charge in [0.15, 0.2) is 0 Å². The van der Waals surface area contributed by atoms with E-state index in [9.17, 15) is 14.0 Å². The summed E-state index contributed by atoms with van der Waals surface area (Å²) in [6, 6.07) is 15.0. The van der Waals surface area contributed by atoms with Crippen LogP contribution in [0.15, 0.2) is 65.3 Å². The molecule has 1 aromatic heterocycles. The number of ether oxygens (including phenoxy) is 1. The van der Waals surface area contributed by atoms with Crippen molar-refractivity contribution in [2.24, 2.45) is 0 Å². The summed E-state index contributed by atoms with van der Waals surface area (Å²) in [4.78, 5) is 24.9. The van der Waals surface area contributed by atoms with Gasteiger partial charge in [0, 0.05) is 36.7 Å². The molecule has 0 saturated carbocycles. The summed E-state index contributed by atoms with van der Waals surface area (Å²) in [6.07, 6.45) is 3.75. The highest BCUT2D eigenvalue weighted by molar-refractivity contribution is 5.94. The van der Waals surface area contributed by atoms with E-state index in [1.807, 2.05) is 18.2 Å². The number of carboxylic acids is 1. The lowest BCUT2D eigenvalue weighted by atomic mass is 10.1. The van der Waals surface area contributed by atoms with Crippen molar-refractivity contribution in [1.29, 1.82) is 0 Å². The predicted molar refractivity (Wildman–Crippen MR) is 118 cm³/mol. The molecular formula is C25H26FNO5. The highest BCUT2D eigenvalue weighted by Crippen LogP contribution is 2.24. The van der Waals surface area contributed by atoms with E-state index in [1.54, 1.807) is 37.6 Å². The molecular weight excluding hydrogens is 413 g/mol. The Morgan fingerprint density at radius 1 is 1.06 bits per heavy atom. The van der Waals surface area contributed by atoms with Gasteiger partial charge < -0.3 is 19.2 Å². The number of hydrogen-bond donors (Lipinski definition) is 1. The third-order valence-electron chi connectivity index (χ3n) is 5.01. The molecule has 32 heavy (non-hydrogen) atoms. The Labute approximate surface area is 186 Å². The van der Waals surface area contributed by atoms with Crippen LogP contribution in [0.25, 0.3) is 11.3 Å². The number of rotatable bonds is 11. The minimum atomic E-state index is -0.810. The summed E-state index contributed by atoms with van der Waals surface area (Å²) in [7, 11) is 1.66. The van der Waals surface area contributed by atoms with Gasteiger partial charge in [0.2, 0.25) is 0 Å². The molecule has 1 N–H and O–H groups in total. The van der Waals surface area contributed by atoms with Crippen LogP contribution in [0.4, 0.5) is 4.39 Å². The molecule has 6 nitrogen and oxygen atoms in total. The van der Waals surface area contributed by atoms with E-state index >= 15 is 0 Å². The Bertz CT molecular complexity index is 1030. The number of amides is 1. The molecule has 0 aliphatic heterocycles. The van der Waals surface area contributed by atoms with Crippen molar-refractivity contribution in [2.75, 3.05) is 13.7 Å². The summed E-state index contributed by atoms with van der Waals surface area (Å²) in [5, 5.41) is 8.68. The summed E-state index contributed by atoms with van der Waals surface area (Å²) in [5.41, 5.74) is 1.96. The number of benzene rings is 2. The van der Waals surface area contributed by atoms with Gasteiger partial charge in [-0.05, 0) is 61.7 Å². The van der Waals surface area contributed by atoms with E-state index in [1.165, 1.54) is 17.0 Å². The second kappa shape index (κ2) is 11.1. The fourth-order valence-corrected chi connectivity index (χ4v) is 3.32. The number of nitrogens with zero attached hydrogens (tertiary/aromatic N) is 1. The summed E-state index contributed by atoms with van der Waals surface area (Å²) >= 11 is 0. The van der Waals surface area contributed by atoms with Gasteiger partial charge in [0.05, 0.1) is 12.9 Å². The standard InChI is InChI=1S/C25H26FNO5/c1-27(25(30)19-10-8-18(9-11-19)22-6-5-15-32-22)17-20-16-21(26)12-13-23(20)31-14-4-2-3-7-24(28)29/h5-6,8-13,15-16H,2-4,7,14,17H2,1H3,(H,28,29). The minimum Gasteiger partial charge on any atom is -0.493 e. The van der Waals surface area contributed by atoms with Crippen molar-refractivity contribution in [3.05, 3.63) is 77.8 Å². The average molecular weight is 439 g/mol. The van der Waals surface area contributed by atoms with Crippen LogP contribution in [-0.4, -0.2) is 35.5 Å². The molecule has 7 heteroatoms. The van der Waals surface area contributed by atoms with Crippen molar-refractivity contribution in [3.8, 4) is 17.1 Å². The zero-order valence-electron chi connectivity index (χ0n) is 17.9. The third kappa shape index (κ3) is 6.44. The molecule has 3 aromatic rings. The quantitative estimate of drug-likeness (QED) is 0.406. The Kier molecular flexibility index (Phi) is 8.02. The maximum absolute atomic E-state index is 13.8. The molecule has 168 valence electrons. The Balaban J connectivity index is 1.59. The average Bonchev–Trinajstić information content (AvgIpc) is 3.32. The lowest BCUT2D eigenvalue weighted by molar-refractivity contribution is -0.137. The van der Waals surface area contributed by atoms with Crippen LogP contribution in [0, 0.1) is 5.82 Å². The van der Waals surface area contributed by atoms with Crippen molar-refractivity contribution >= 4 is 11.9 Å². The van der Waals surface area contributed by atoms with Gasteiger partial charge in [-0.3, -0.25) is 9.59 Å². The van der Waals surface area contributed by atoms with Crippen molar-refractivity contribution in [3.63, 3.8) is 0 Å². The van der Waals surface area contributed by atoms with Gasteiger partial charge in [-0.1, -0.05) is 12.1 Å². The largest absolute Gasteiger partial charge is 0.493 e. The summed E-state index contributed by atoms with van der Waals surface area (Å²) < 4.78 is 25.0. The third-order valence-corrected chi connectivity index (χ3v) is 5.01. The maximum Gasteiger partial charge on any atom is 0.303 e. The van der Waals surface area contributed by atoms with E-state index in [2.05, 4.69) is 0 Å². The molecule has 0 fully saturated rings. The molecule has 3 rings (SSSR count). The van der Waals surface area contributed by atoms with Gasteiger partial charge in [0.1, 0.15) is 17.3 Å². The first-order valence-corrected chi connectivity index (χ1v) is 10.5. The second-order valence-corrected chi connectivity index (χ2v) is 7.52. The van der Waals surface area contributed by atoms with Gasteiger partial charge in [-0.2, -0.15) is 0 Å². The number of hydrogen-bond acceptors (Lipinski definition) is 4. The first-order chi connectivity index (χ1) is 15.4. The fourth-order valence-electron chi connectivity index (χ4n) is 3.32. The number of aliphatic carboxylic acids is 1. The lowest BCUT2D eigenvalue weighted by Crippen LogP contribution is -2.26. The van der Waals surface area contributed by atoms with Gasteiger partial charge in [-0.25, -0.2) is 4.39 Å². The molecule has 0 atom stereocenters. The van der Waals surface area contributed by atoms with E-state index in [0.717, 1.165) is 17.7 Å². The number of carbonyl (C=O) groups excluding carboxylic acids is 1. The normalized spacial score (nSPS) is 10.7. The Hall–Kier alpha value is -3.61. The molecule has 0 bridgehead atoms. The maximum atomic E-state index is 13.8. The number of furan rings is 1. The fraction of sp³-hybridized carbons (Fsp3) is 0.280. The molecule has 1 amide bonds. The van der Waals surface area contributed by atoms with E-state index < -0.39 is 11.8 Å². The van der Waals surface area contributed by atoms with Crippen molar-refractivity contribution in [1.82, 2.24) is 4.90 Å². The first kappa shape index (κ1) is 23.1. The number of carboxylic acid groups (broad SMARTS) is 1. The van der Waals surface area contributed by atoms with Crippen LogP contribution in [-0.2, 0) is 11.3 Å². The molecule has 0 radical (unpaired) electrons. The molecule has 0 saturated heterocycles.